The summed E-state index contributed by atoms with van der Waals surface area (Å²) >= 11 is 0. The van der Waals surface area contributed by atoms with Crippen molar-refractivity contribution in [1.82, 2.24) is 0 Å². The van der Waals surface area contributed by atoms with Gasteiger partial charge in [0.25, 0.3) is 0 Å². The summed E-state index contributed by atoms with van der Waals surface area (Å²) in [6.07, 6.45) is 15.3. The number of carboxylic acids is 1. The largest absolute Gasteiger partial charge is 0.481 e. The Hall–Kier alpha value is -1.13. The van der Waals surface area contributed by atoms with E-state index in [1.54, 1.807) is 0 Å². The minimum Gasteiger partial charge on any atom is -0.481 e. The van der Waals surface area contributed by atoms with Crippen molar-refractivity contribution in [3.8, 4) is 0 Å². The molecule has 0 bridgehead atoms. The molecule has 4 heteroatoms. The number of carbonyl (C=O) groups is 1. The summed E-state index contributed by atoms with van der Waals surface area (Å²) in [5, 5.41) is 29.8. The van der Waals surface area contributed by atoms with E-state index in [9.17, 15) is 15.0 Å². The second-order valence-electron chi connectivity index (χ2n) is 9.14. The van der Waals surface area contributed by atoms with E-state index in [4.69, 9.17) is 5.11 Å². The Kier molecular flexibility index (Phi) is 7.16. The molecule has 4 nitrogen and oxygen atoms in total. The van der Waals surface area contributed by atoms with Gasteiger partial charge in [-0.2, -0.15) is 0 Å². The van der Waals surface area contributed by atoms with Crippen molar-refractivity contribution in [3.63, 3.8) is 0 Å². The Balaban J connectivity index is 1.53. The molecule has 0 heterocycles. The first-order valence-electron chi connectivity index (χ1n) is 10.9. The summed E-state index contributed by atoms with van der Waals surface area (Å²) in [6.45, 7) is 2.16. The Morgan fingerprint density at radius 1 is 1.26 bits per heavy atom. The second kappa shape index (κ2) is 9.38. The summed E-state index contributed by atoms with van der Waals surface area (Å²) in [5.41, 5.74) is 1.43. The molecule has 152 valence electrons. The fourth-order valence-corrected chi connectivity index (χ4v) is 5.68. The van der Waals surface area contributed by atoms with E-state index in [0.717, 1.165) is 25.7 Å². The van der Waals surface area contributed by atoms with Crippen LogP contribution >= 0.6 is 0 Å². The molecule has 3 aliphatic carbocycles. The topological polar surface area (TPSA) is 77.8 Å². The molecule has 3 rings (SSSR count). The molecule has 0 spiro atoms. The summed E-state index contributed by atoms with van der Waals surface area (Å²) in [6, 6.07) is 0. The molecule has 1 unspecified atom stereocenters. The maximum absolute atomic E-state index is 10.6. The van der Waals surface area contributed by atoms with E-state index in [1.165, 1.54) is 31.3 Å². The molecular weight excluding hydrogens is 340 g/mol. The Morgan fingerprint density at radius 2 is 2.00 bits per heavy atom. The smallest absolute Gasteiger partial charge is 0.303 e. The highest BCUT2D eigenvalue weighted by atomic mass is 16.4. The number of aliphatic hydroxyl groups excluding tert-OH is 2. The van der Waals surface area contributed by atoms with E-state index < -0.39 is 12.1 Å². The zero-order chi connectivity index (χ0) is 19.4. The van der Waals surface area contributed by atoms with E-state index in [1.807, 2.05) is 6.08 Å². The molecule has 3 aliphatic rings. The van der Waals surface area contributed by atoms with Crippen LogP contribution in [0.4, 0.5) is 0 Å². The molecule has 0 saturated heterocycles. The lowest BCUT2D eigenvalue weighted by Crippen LogP contribution is -2.23. The third kappa shape index (κ3) is 5.23. The zero-order valence-electron chi connectivity index (χ0n) is 16.6. The second-order valence-corrected chi connectivity index (χ2v) is 9.14. The molecule has 6 atom stereocenters. The van der Waals surface area contributed by atoms with Crippen molar-refractivity contribution in [2.24, 2.45) is 29.6 Å². The van der Waals surface area contributed by atoms with Crippen molar-refractivity contribution in [1.29, 1.82) is 0 Å². The number of rotatable bonds is 8. The standard InChI is InChI=1S/C23H36O4/c1-15(17-7-3-4-8-17)21(24)11-10-19-20-13-16(6-2-5-9-23(26)27)12-18(20)14-22(19)25/h6,10-11,15,17-22,24-25H,2-5,7-9,12-14H2,1H3,(H,26,27)/b11-10+,16-6+/t15?,18-,19-,20+,21+,22-/m1/s1. The van der Waals surface area contributed by atoms with Crippen molar-refractivity contribution < 1.29 is 20.1 Å². The molecule has 0 aromatic carbocycles. The van der Waals surface area contributed by atoms with Gasteiger partial charge in [-0.25, -0.2) is 0 Å². The molecule has 0 amide bonds. The van der Waals surface area contributed by atoms with Gasteiger partial charge in [0.05, 0.1) is 12.2 Å². The molecule has 3 N–H and O–H groups in total. The van der Waals surface area contributed by atoms with E-state index in [-0.39, 0.29) is 18.4 Å². The van der Waals surface area contributed by atoms with Crippen LogP contribution in [0.3, 0.4) is 0 Å². The average molecular weight is 377 g/mol. The highest BCUT2D eigenvalue weighted by Gasteiger charge is 2.45. The van der Waals surface area contributed by atoms with Crippen LogP contribution in [0.25, 0.3) is 0 Å². The normalized spacial score (nSPS) is 35.1. The number of aliphatic hydroxyl groups is 2. The minimum atomic E-state index is -0.726. The van der Waals surface area contributed by atoms with Crippen LogP contribution in [-0.2, 0) is 4.79 Å². The monoisotopic (exact) mass is 376 g/mol. The van der Waals surface area contributed by atoms with Gasteiger partial charge in [-0.3, -0.25) is 4.79 Å². The summed E-state index contributed by atoms with van der Waals surface area (Å²) < 4.78 is 0. The number of hydrogen-bond acceptors (Lipinski definition) is 3. The predicted molar refractivity (Wildman–Crippen MR) is 106 cm³/mol. The lowest BCUT2D eigenvalue weighted by atomic mass is 9.86. The minimum absolute atomic E-state index is 0.144. The van der Waals surface area contributed by atoms with Crippen LogP contribution in [0.2, 0.25) is 0 Å². The molecule has 27 heavy (non-hydrogen) atoms. The third-order valence-corrected chi connectivity index (χ3v) is 7.35. The number of carboxylic acid groups (broad SMARTS) is 1. The molecule has 0 radical (unpaired) electrons. The Morgan fingerprint density at radius 3 is 2.70 bits per heavy atom. The predicted octanol–water partition coefficient (Wildman–Crippen LogP) is 4.32. The van der Waals surface area contributed by atoms with Crippen molar-refractivity contribution in [2.45, 2.75) is 83.3 Å². The van der Waals surface area contributed by atoms with Gasteiger partial charge in [0, 0.05) is 12.3 Å². The van der Waals surface area contributed by atoms with Gasteiger partial charge in [-0.15, -0.1) is 0 Å². The maximum Gasteiger partial charge on any atom is 0.303 e. The molecule has 0 aromatic heterocycles. The van der Waals surface area contributed by atoms with Gasteiger partial charge in [0.1, 0.15) is 0 Å². The SMILES string of the molecule is CC(C1CCCC1)[C@@H](O)/C=C/[C@@H]1[C@H]2C/C(=C/CCCC(=O)O)C[C@@H]2C[C@H]1O. The van der Waals surface area contributed by atoms with Crippen LogP contribution in [-0.4, -0.2) is 33.5 Å². The van der Waals surface area contributed by atoms with Gasteiger partial charge in [0.15, 0.2) is 0 Å². The zero-order valence-corrected chi connectivity index (χ0v) is 16.6. The molecular formula is C23H36O4. The first kappa shape index (κ1) is 20.6. The summed E-state index contributed by atoms with van der Waals surface area (Å²) in [4.78, 5) is 10.6. The van der Waals surface area contributed by atoms with Crippen LogP contribution in [0, 0.1) is 29.6 Å². The van der Waals surface area contributed by atoms with Gasteiger partial charge in [-0.05, 0) is 55.8 Å². The van der Waals surface area contributed by atoms with Gasteiger partial charge < -0.3 is 15.3 Å². The molecule has 3 fully saturated rings. The molecule has 0 aromatic rings. The fourth-order valence-electron chi connectivity index (χ4n) is 5.68. The first-order valence-corrected chi connectivity index (χ1v) is 10.9. The summed E-state index contributed by atoms with van der Waals surface area (Å²) in [7, 11) is 0. The first-order chi connectivity index (χ1) is 13.0. The number of fused-ring (bicyclic) bond motifs is 1. The van der Waals surface area contributed by atoms with Gasteiger partial charge >= 0.3 is 5.97 Å². The maximum atomic E-state index is 10.6. The van der Waals surface area contributed by atoms with Crippen LogP contribution in [0.1, 0.15) is 71.1 Å². The van der Waals surface area contributed by atoms with Crippen molar-refractivity contribution in [3.05, 3.63) is 23.8 Å². The lowest BCUT2D eigenvalue weighted by molar-refractivity contribution is -0.137. The lowest BCUT2D eigenvalue weighted by Gasteiger charge is -2.23. The number of aliphatic carboxylic acids is 1. The highest BCUT2D eigenvalue weighted by molar-refractivity contribution is 5.66. The quantitative estimate of drug-likeness (QED) is 0.435. The van der Waals surface area contributed by atoms with E-state index in [2.05, 4.69) is 19.1 Å². The third-order valence-electron chi connectivity index (χ3n) is 7.35. The average Bonchev–Trinajstić information content (AvgIpc) is 3.33. The number of allylic oxidation sites excluding steroid dienone is 2. The Bertz CT molecular complexity index is 561. The molecule has 0 aliphatic heterocycles. The van der Waals surface area contributed by atoms with Crippen LogP contribution < -0.4 is 0 Å². The van der Waals surface area contributed by atoms with Crippen LogP contribution in [0.15, 0.2) is 23.8 Å². The number of unbranched alkanes of at least 4 members (excludes halogenated alkanes) is 1. The van der Waals surface area contributed by atoms with Crippen molar-refractivity contribution in [2.75, 3.05) is 0 Å². The van der Waals surface area contributed by atoms with Crippen molar-refractivity contribution >= 4 is 5.97 Å². The van der Waals surface area contributed by atoms with Gasteiger partial charge in [0.2, 0.25) is 0 Å². The summed E-state index contributed by atoms with van der Waals surface area (Å²) in [5.74, 6) is 1.35. The number of hydrogen-bond donors (Lipinski definition) is 3. The van der Waals surface area contributed by atoms with E-state index >= 15 is 0 Å². The fraction of sp³-hybridized carbons (Fsp3) is 0.783. The highest BCUT2D eigenvalue weighted by Crippen LogP contribution is 2.50. The molecule has 3 saturated carbocycles. The van der Waals surface area contributed by atoms with E-state index in [0.29, 0.717) is 30.1 Å². The van der Waals surface area contributed by atoms with Gasteiger partial charge in [-0.1, -0.05) is 56.4 Å². The van der Waals surface area contributed by atoms with Crippen LogP contribution in [0.5, 0.6) is 0 Å². The Labute approximate surface area is 163 Å².